The highest BCUT2D eigenvalue weighted by Gasteiger charge is 2.03. The monoisotopic (exact) mass is 334 g/mol. The van der Waals surface area contributed by atoms with E-state index in [1.165, 1.54) is 27.8 Å². The van der Waals surface area contributed by atoms with Crippen LogP contribution in [0.15, 0.2) is 78.9 Å². The average molecular weight is 335 g/mol. The molecular weight excluding hydrogens is 300 g/mol. The van der Waals surface area contributed by atoms with Crippen molar-refractivity contribution < 1.29 is 0 Å². The maximum Gasteiger partial charge on any atom is -0.0154 e. The molecule has 0 bridgehead atoms. The van der Waals surface area contributed by atoms with Gasteiger partial charge >= 0.3 is 0 Å². The molecule has 3 rings (SSSR count). The van der Waals surface area contributed by atoms with Crippen molar-refractivity contribution >= 4 is 0 Å². The fourth-order valence-corrected chi connectivity index (χ4v) is 2.42. The summed E-state index contributed by atoms with van der Waals surface area (Å²) in [5.41, 5.74) is 6.44. The molecule has 25 heavy (non-hydrogen) atoms. The van der Waals surface area contributed by atoms with Gasteiger partial charge in [0.1, 0.15) is 0 Å². The van der Waals surface area contributed by atoms with Crippen molar-refractivity contribution in [2.45, 2.75) is 48.5 Å². The Morgan fingerprint density at radius 1 is 0.440 bits per heavy atom. The topological polar surface area (TPSA) is 0 Å². The summed E-state index contributed by atoms with van der Waals surface area (Å²) in [6, 6.07) is 27.7. The zero-order valence-electron chi connectivity index (χ0n) is 17.0. The fraction of sp³-hybridized carbons (Fsp3) is 0.280. The van der Waals surface area contributed by atoms with Gasteiger partial charge in [-0.1, -0.05) is 120 Å². The van der Waals surface area contributed by atoms with Crippen LogP contribution in [0.1, 0.15) is 47.1 Å². The van der Waals surface area contributed by atoms with E-state index in [0.29, 0.717) is 0 Å². The molecule has 0 radical (unpaired) electrons. The minimum absolute atomic E-state index is 1.27. The minimum Gasteiger partial charge on any atom is -0.0683 e. The van der Waals surface area contributed by atoms with Gasteiger partial charge in [0, 0.05) is 0 Å². The van der Waals surface area contributed by atoms with E-state index < -0.39 is 0 Å². The summed E-state index contributed by atoms with van der Waals surface area (Å²) in [6.45, 7) is 14.2. The van der Waals surface area contributed by atoms with E-state index >= 15 is 0 Å². The first kappa shape index (κ1) is 22.7. The molecule has 0 saturated heterocycles. The van der Waals surface area contributed by atoms with Crippen LogP contribution < -0.4 is 0 Å². The Labute approximate surface area is 155 Å². The fourth-order valence-electron chi connectivity index (χ4n) is 2.42. The maximum atomic E-state index is 2.26. The summed E-state index contributed by atoms with van der Waals surface area (Å²) in [4.78, 5) is 0. The van der Waals surface area contributed by atoms with Gasteiger partial charge in [-0.25, -0.2) is 0 Å². The Morgan fingerprint density at radius 2 is 0.880 bits per heavy atom. The molecule has 134 valence electrons. The van der Waals surface area contributed by atoms with Gasteiger partial charge in [-0.15, -0.1) is 0 Å². The molecule has 0 amide bonds. The van der Waals surface area contributed by atoms with Crippen molar-refractivity contribution in [3.05, 3.63) is 84.4 Å². The zero-order chi connectivity index (χ0) is 19.1. The van der Waals surface area contributed by atoms with E-state index in [2.05, 4.69) is 85.8 Å². The van der Waals surface area contributed by atoms with Crippen LogP contribution in [0.5, 0.6) is 0 Å². The third kappa shape index (κ3) is 6.97. The minimum atomic E-state index is 1.27. The molecule has 0 heterocycles. The first-order valence-electron chi connectivity index (χ1n) is 9.56. The summed E-state index contributed by atoms with van der Waals surface area (Å²) in [6.07, 6.45) is 0. The molecule has 0 N–H and O–H groups in total. The molecule has 0 fully saturated rings. The second kappa shape index (κ2) is 14.0. The van der Waals surface area contributed by atoms with E-state index in [1.54, 1.807) is 0 Å². The second-order valence-corrected chi connectivity index (χ2v) is 4.76. The Kier molecular flexibility index (Phi) is 12.7. The second-order valence-electron chi connectivity index (χ2n) is 4.76. The van der Waals surface area contributed by atoms with Crippen molar-refractivity contribution in [3.63, 3.8) is 0 Å². The third-order valence-corrected chi connectivity index (χ3v) is 3.42. The van der Waals surface area contributed by atoms with Crippen LogP contribution in [-0.2, 0) is 0 Å². The van der Waals surface area contributed by atoms with Gasteiger partial charge < -0.3 is 0 Å². The Balaban J connectivity index is 0.000000871. The van der Waals surface area contributed by atoms with Gasteiger partial charge in [0.15, 0.2) is 0 Å². The predicted molar refractivity (Wildman–Crippen MR) is 116 cm³/mol. The van der Waals surface area contributed by atoms with Gasteiger partial charge in [0.05, 0.1) is 0 Å². The molecule has 0 spiro atoms. The van der Waals surface area contributed by atoms with Crippen LogP contribution in [0.3, 0.4) is 0 Å². The lowest BCUT2D eigenvalue weighted by molar-refractivity contribution is 1.45. The summed E-state index contributed by atoms with van der Waals surface area (Å²) >= 11 is 0. The first-order chi connectivity index (χ1) is 12.3. The van der Waals surface area contributed by atoms with Crippen LogP contribution in [0.2, 0.25) is 0 Å². The van der Waals surface area contributed by atoms with E-state index in [0.717, 1.165) is 0 Å². The lowest BCUT2D eigenvalue weighted by atomic mass is 9.96. The molecule has 0 atom stereocenters. The molecule has 0 nitrogen and oxygen atoms in total. The predicted octanol–water partition coefficient (Wildman–Crippen LogP) is 8.41. The summed E-state index contributed by atoms with van der Waals surface area (Å²) < 4.78 is 0. The van der Waals surface area contributed by atoms with E-state index in [4.69, 9.17) is 0 Å². The molecule has 0 aromatic heterocycles. The highest BCUT2D eigenvalue weighted by Crippen LogP contribution is 2.28. The number of hydrogen-bond donors (Lipinski definition) is 0. The Hall–Kier alpha value is -2.34. The van der Waals surface area contributed by atoms with E-state index in [1.807, 2.05) is 41.5 Å². The molecule has 0 aliphatic carbocycles. The summed E-state index contributed by atoms with van der Waals surface area (Å²) in [7, 11) is 0. The molecule has 0 aliphatic rings. The number of benzene rings is 3. The first-order valence-corrected chi connectivity index (χ1v) is 9.56. The lowest BCUT2D eigenvalue weighted by Crippen LogP contribution is -1.85. The van der Waals surface area contributed by atoms with E-state index in [-0.39, 0.29) is 0 Å². The quantitative estimate of drug-likeness (QED) is 0.441. The molecule has 0 aliphatic heterocycles. The standard InChI is InChI=1S/C19H16.3C2H6/c1-15-14-18(16-8-4-2-5-9-16)12-13-19(15)17-10-6-3-7-11-17;3*1-2/h2-14H,1H3;3*1-2H3. The number of hydrogen-bond acceptors (Lipinski definition) is 0. The lowest BCUT2D eigenvalue weighted by Gasteiger charge is -2.09. The van der Waals surface area contributed by atoms with Gasteiger partial charge in [-0.3, -0.25) is 0 Å². The molecule has 0 unspecified atom stereocenters. The Morgan fingerprint density at radius 3 is 1.32 bits per heavy atom. The average Bonchev–Trinajstić information content (AvgIpc) is 2.74. The maximum absolute atomic E-state index is 2.26. The van der Waals surface area contributed by atoms with Crippen LogP contribution >= 0.6 is 0 Å². The van der Waals surface area contributed by atoms with Crippen LogP contribution in [0, 0.1) is 6.92 Å². The van der Waals surface area contributed by atoms with Crippen LogP contribution in [0.4, 0.5) is 0 Å². The molecule has 3 aromatic rings. The molecule has 0 saturated carbocycles. The van der Waals surface area contributed by atoms with Crippen molar-refractivity contribution in [2.24, 2.45) is 0 Å². The van der Waals surface area contributed by atoms with Gasteiger partial charge in [0.2, 0.25) is 0 Å². The highest BCUT2D eigenvalue weighted by atomic mass is 14.1. The van der Waals surface area contributed by atoms with Crippen molar-refractivity contribution in [1.29, 1.82) is 0 Å². The van der Waals surface area contributed by atoms with Crippen molar-refractivity contribution in [1.82, 2.24) is 0 Å². The van der Waals surface area contributed by atoms with Crippen LogP contribution in [0.25, 0.3) is 22.3 Å². The van der Waals surface area contributed by atoms with Gasteiger partial charge in [-0.2, -0.15) is 0 Å². The largest absolute Gasteiger partial charge is 0.0683 e. The van der Waals surface area contributed by atoms with Crippen molar-refractivity contribution in [3.8, 4) is 22.3 Å². The smallest absolute Gasteiger partial charge is 0.0154 e. The number of aryl methyl sites for hydroxylation is 1. The SMILES string of the molecule is CC.CC.CC.Cc1cc(-c2ccccc2)ccc1-c1ccccc1. The third-order valence-electron chi connectivity index (χ3n) is 3.42. The molecule has 0 heteroatoms. The van der Waals surface area contributed by atoms with Crippen LogP contribution in [-0.4, -0.2) is 0 Å². The van der Waals surface area contributed by atoms with Gasteiger partial charge in [-0.05, 0) is 34.7 Å². The molecular formula is C25H34. The summed E-state index contributed by atoms with van der Waals surface area (Å²) in [5.74, 6) is 0. The zero-order valence-corrected chi connectivity index (χ0v) is 17.0. The normalized spacial score (nSPS) is 8.60. The highest BCUT2D eigenvalue weighted by molar-refractivity contribution is 5.73. The van der Waals surface area contributed by atoms with E-state index in [9.17, 15) is 0 Å². The number of rotatable bonds is 2. The van der Waals surface area contributed by atoms with Gasteiger partial charge in [0.25, 0.3) is 0 Å². The Bertz CT molecular complexity index is 667. The summed E-state index contributed by atoms with van der Waals surface area (Å²) in [5, 5.41) is 0. The molecule has 3 aromatic carbocycles. The van der Waals surface area contributed by atoms with Crippen molar-refractivity contribution in [2.75, 3.05) is 0 Å².